The van der Waals surface area contributed by atoms with Crippen LogP contribution in [-0.2, 0) is 11.8 Å². The molecule has 3 heterocycles. The number of amides is 2. The molecule has 0 aliphatic carbocycles. The van der Waals surface area contributed by atoms with Crippen LogP contribution in [-0.4, -0.2) is 64.1 Å². The van der Waals surface area contributed by atoms with Crippen molar-refractivity contribution in [2.45, 2.75) is 33.0 Å². The predicted molar refractivity (Wildman–Crippen MR) is 96.7 cm³/mol. The molecule has 2 aromatic heterocycles. The second kappa shape index (κ2) is 7.37. The maximum absolute atomic E-state index is 12.1. The van der Waals surface area contributed by atoms with Crippen molar-refractivity contribution in [1.29, 1.82) is 0 Å². The first kappa shape index (κ1) is 17.6. The summed E-state index contributed by atoms with van der Waals surface area (Å²) < 4.78 is 7.45. The second-order valence-corrected chi connectivity index (χ2v) is 6.70. The van der Waals surface area contributed by atoms with Gasteiger partial charge in [0, 0.05) is 38.6 Å². The van der Waals surface area contributed by atoms with E-state index in [0.29, 0.717) is 12.2 Å². The van der Waals surface area contributed by atoms with Crippen LogP contribution < -0.4 is 10.6 Å². The first-order valence-electron chi connectivity index (χ1n) is 8.64. The van der Waals surface area contributed by atoms with Crippen molar-refractivity contribution in [3.05, 3.63) is 18.0 Å². The number of urea groups is 1. The molecule has 1 fully saturated rings. The maximum atomic E-state index is 12.1. The summed E-state index contributed by atoms with van der Waals surface area (Å²) in [5.74, 6) is 0. The molecule has 1 aliphatic rings. The van der Waals surface area contributed by atoms with E-state index in [2.05, 4.69) is 39.5 Å². The van der Waals surface area contributed by atoms with E-state index in [-0.39, 0.29) is 18.2 Å². The summed E-state index contributed by atoms with van der Waals surface area (Å²) in [7, 11) is 1.86. The number of aryl methyl sites for hydroxylation is 2. The number of ether oxygens (including phenoxy) is 1. The molecule has 0 saturated carbocycles. The fourth-order valence-electron chi connectivity index (χ4n) is 3.35. The molecule has 8 nitrogen and oxygen atoms in total. The van der Waals surface area contributed by atoms with E-state index in [1.54, 1.807) is 10.9 Å². The Morgan fingerprint density at radius 2 is 2.08 bits per heavy atom. The highest BCUT2D eigenvalue weighted by Crippen LogP contribution is 2.19. The van der Waals surface area contributed by atoms with Crippen LogP contribution in [0.25, 0.3) is 11.0 Å². The quantitative estimate of drug-likeness (QED) is 0.877. The highest BCUT2D eigenvalue weighted by molar-refractivity contribution is 5.91. The zero-order chi connectivity index (χ0) is 18.0. The summed E-state index contributed by atoms with van der Waals surface area (Å²) in [6.45, 7) is 9.28. The molecule has 2 unspecified atom stereocenters. The minimum Gasteiger partial charge on any atom is -0.373 e. The van der Waals surface area contributed by atoms with Gasteiger partial charge in [-0.05, 0) is 26.8 Å². The molecule has 0 aromatic carbocycles. The van der Waals surface area contributed by atoms with Crippen LogP contribution in [0.3, 0.4) is 0 Å². The van der Waals surface area contributed by atoms with Crippen LogP contribution >= 0.6 is 0 Å². The van der Waals surface area contributed by atoms with Gasteiger partial charge in [-0.15, -0.1) is 0 Å². The Labute approximate surface area is 147 Å². The number of morpholine rings is 1. The number of carbonyl (C=O) groups is 1. The van der Waals surface area contributed by atoms with Crippen molar-refractivity contribution in [2.75, 3.05) is 31.5 Å². The number of rotatable bonds is 4. The Kier molecular flexibility index (Phi) is 5.19. The Morgan fingerprint density at radius 1 is 1.36 bits per heavy atom. The van der Waals surface area contributed by atoms with Gasteiger partial charge in [-0.25, -0.2) is 9.78 Å². The van der Waals surface area contributed by atoms with Crippen LogP contribution in [0.2, 0.25) is 0 Å². The number of carbonyl (C=O) groups excluding carboxylic acids is 1. The fourth-order valence-corrected chi connectivity index (χ4v) is 3.35. The zero-order valence-corrected chi connectivity index (χ0v) is 15.2. The van der Waals surface area contributed by atoms with Crippen molar-refractivity contribution in [2.24, 2.45) is 7.05 Å². The van der Waals surface area contributed by atoms with Crippen LogP contribution in [0, 0.1) is 6.92 Å². The van der Waals surface area contributed by atoms with Gasteiger partial charge in [0.15, 0.2) is 5.65 Å². The number of pyridine rings is 1. The molecule has 25 heavy (non-hydrogen) atoms. The minimum atomic E-state index is -0.225. The third-order valence-electron chi connectivity index (χ3n) is 4.33. The molecule has 0 radical (unpaired) electrons. The van der Waals surface area contributed by atoms with Crippen molar-refractivity contribution in [3.63, 3.8) is 0 Å². The molecule has 0 spiro atoms. The van der Waals surface area contributed by atoms with Crippen molar-refractivity contribution < 1.29 is 9.53 Å². The molecule has 2 atom stereocenters. The molecular weight excluding hydrogens is 320 g/mol. The lowest BCUT2D eigenvalue weighted by Gasteiger charge is -2.35. The molecular formula is C17H26N6O2. The number of nitrogens with one attached hydrogen (secondary N) is 2. The maximum Gasteiger partial charge on any atom is 0.319 e. The van der Waals surface area contributed by atoms with E-state index in [9.17, 15) is 4.79 Å². The molecule has 2 amide bonds. The normalized spacial score (nSPS) is 21.4. The van der Waals surface area contributed by atoms with Gasteiger partial charge in [0.2, 0.25) is 0 Å². The van der Waals surface area contributed by atoms with Crippen LogP contribution in [0.15, 0.2) is 12.3 Å². The Balaban J connectivity index is 1.50. The molecule has 8 heteroatoms. The van der Waals surface area contributed by atoms with Crippen molar-refractivity contribution in [3.8, 4) is 0 Å². The van der Waals surface area contributed by atoms with Gasteiger partial charge in [-0.1, -0.05) is 0 Å². The topological polar surface area (TPSA) is 84.3 Å². The van der Waals surface area contributed by atoms with Gasteiger partial charge < -0.3 is 15.4 Å². The van der Waals surface area contributed by atoms with Crippen LogP contribution in [0.4, 0.5) is 10.5 Å². The highest BCUT2D eigenvalue weighted by Gasteiger charge is 2.21. The smallest absolute Gasteiger partial charge is 0.319 e. The molecule has 1 saturated heterocycles. The summed E-state index contributed by atoms with van der Waals surface area (Å²) in [5.41, 5.74) is 2.36. The monoisotopic (exact) mass is 346 g/mol. The lowest BCUT2D eigenvalue weighted by Crippen LogP contribution is -2.48. The van der Waals surface area contributed by atoms with Crippen LogP contribution in [0.1, 0.15) is 19.5 Å². The van der Waals surface area contributed by atoms with Crippen LogP contribution in [0.5, 0.6) is 0 Å². The fraction of sp³-hybridized carbons (Fsp3) is 0.588. The number of hydrogen-bond acceptors (Lipinski definition) is 5. The average Bonchev–Trinajstić information content (AvgIpc) is 2.80. The van der Waals surface area contributed by atoms with Crippen molar-refractivity contribution >= 4 is 22.8 Å². The number of hydrogen-bond donors (Lipinski definition) is 2. The molecule has 0 bridgehead atoms. The third kappa shape index (κ3) is 4.26. The Morgan fingerprint density at radius 3 is 2.80 bits per heavy atom. The molecule has 136 valence electrons. The van der Waals surface area contributed by atoms with E-state index in [1.807, 2.05) is 20.0 Å². The number of nitrogens with zero attached hydrogens (tertiary/aromatic N) is 4. The third-order valence-corrected chi connectivity index (χ3v) is 4.33. The van der Waals surface area contributed by atoms with Gasteiger partial charge >= 0.3 is 6.03 Å². The van der Waals surface area contributed by atoms with Crippen molar-refractivity contribution in [1.82, 2.24) is 25.0 Å². The van der Waals surface area contributed by atoms with E-state index < -0.39 is 0 Å². The lowest BCUT2D eigenvalue weighted by molar-refractivity contribution is -0.0672. The lowest BCUT2D eigenvalue weighted by atomic mass is 10.2. The molecule has 1 aliphatic heterocycles. The van der Waals surface area contributed by atoms with E-state index in [1.165, 1.54) is 0 Å². The predicted octanol–water partition coefficient (Wildman–Crippen LogP) is 1.51. The van der Waals surface area contributed by atoms with E-state index in [4.69, 9.17) is 4.74 Å². The first-order valence-corrected chi connectivity index (χ1v) is 8.64. The minimum absolute atomic E-state index is 0.225. The second-order valence-electron chi connectivity index (χ2n) is 6.70. The number of fused-ring (bicyclic) bond motifs is 1. The summed E-state index contributed by atoms with van der Waals surface area (Å²) in [6, 6.07) is 1.67. The van der Waals surface area contributed by atoms with E-state index >= 15 is 0 Å². The molecule has 2 N–H and O–H groups in total. The zero-order valence-electron chi connectivity index (χ0n) is 15.2. The summed E-state index contributed by atoms with van der Waals surface area (Å²) >= 11 is 0. The Hall–Kier alpha value is -2.19. The highest BCUT2D eigenvalue weighted by atomic mass is 16.5. The summed E-state index contributed by atoms with van der Waals surface area (Å²) in [4.78, 5) is 18.8. The summed E-state index contributed by atoms with van der Waals surface area (Å²) in [5, 5.41) is 11.0. The Bertz CT molecular complexity index is 749. The average molecular weight is 346 g/mol. The van der Waals surface area contributed by atoms with E-state index in [0.717, 1.165) is 36.4 Å². The molecule has 2 aromatic rings. The number of aromatic nitrogens is 3. The van der Waals surface area contributed by atoms with Gasteiger partial charge in [-0.3, -0.25) is 9.58 Å². The standard InChI is InChI=1S/C17H26N6O2/c1-11-9-23(10-12(2)25-11)6-5-18-17(24)20-14-7-15-13(3)21-22(4)16(15)19-8-14/h7-8,11-12H,5-6,9-10H2,1-4H3,(H2,18,20,24). The van der Waals surface area contributed by atoms with Gasteiger partial charge in [0.1, 0.15) is 0 Å². The summed E-state index contributed by atoms with van der Waals surface area (Å²) in [6.07, 6.45) is 2.12. The van der Waals surface area contributed by atoms with Gasteiger partial charge in [0.05, 0.1) is 29.8 Å². The van der Waals surface area contributed by atoms with Gasteiger partial charge in [0.25, 0.3) is 0 Å². The number of anilines is 1. The largest absolute Gasteiger partial charge is 0.373 e. The SMILES string of the molecule is Cc1nn(C)c2ncc(NC(=O)NCCN3CC(C)OC(C)C3)cc12. The van der Waals surface area contributed by atoms with Gasteiger partial charge in [-0.2, -0.15) is 5.10 Å². The molecule has 3 rings (SSSR count). The first-order chi connectivity index (χ1) is 11.9.